The topological polar surface area (TPSA) is 86.2 Å². The molecule has 154 valence electrons. The zero-order chi connectivity index (χ0) is 21.1. The molecule has 1 aliphatic rings. The lowest BCUT2D eigenvalue weighted by Gasteiger charge is -2.32. The van der Waals surface area contributed by atoms with Crippen LogP contribution in [0.5, 0.6) is 11.5 Å². The fourth-order valence-electron chi connectivity index (χ4n) is 3.72. The summed E-state index contributed by atoms with van der Waals surface area (Å²) in [6, 6.07) is 17.8. The van der Waals surface area contributed by atoms with Crippen molar-refractivity contribution >= 4 is 16.9 Å². The predicted octanol–water partition coefficient (Wildman–Crippen LogP) is 5.19. The first-order valence-corrected chi connectivity index (χ1v) is 10.3. The van der Waals surface area contributed by atoms with Crippen molar-refractivity contribution in [3.63, 3.8) is 0 Å². The molecule has 6 heteroatoms. The van der Waals surface area contributed by atoms with E-state index in [-0.39, 0.29) is 12.1 Å². The second-order valence-corrected chi connectivity index (χ2v) is 7.13. The van der Waals surface area contributed by atoms with Crippen LogP contribution in [0.15, 0.2) is 67.1 Å². The molecule has 0 aliphatic heterocycles. The Morgan fingerprint density at radius 2 is 1.63 bits per heavy atom. The summed E-state index contributed by atoms with van der Waals surface area (Å²) in [4.78, 5) is 8.63. The molecule has 30 heavy (non-hydrogen) atoms. The molecule has 1 saturated carbocycles. The SMILES string of the molecule is CC.Nc1ncnc2c1c(-c1ccc(Oc3ccccc3)cc1)cn2C1CC(O)C1. The van der Waals surface area contributed by atoms with Gasteiger partial charge in [0.1, 0.15) is 29.3 Å². The van der Waals surface area contributed by atoms with Gasteiger partial charge >= 0.3 is 0 Å². The van der Waals surface area contributed by atoms with Crippen molar-refractivity contribution in [1.82, 2.24) is 14.5 Å². The minimum Gasteiger partial charge on any atom is -0.457 e. The number of aliphatic hydroxyl groups excluding tert-OH is 1. The summed E-state index contributed by atoms with van der Waals surface area (Å²) < 4.78 is 7.99. The molecular formula is C24H26N4O2. The van der Waals surface area contributed by atoms with E-state index in [2.05, 4.69) is 20.7 Å². The summed E-state index contributed by atoms with van der Waals surface area (Å²) in [6.45, 7) is 4.00. The van der Waals surface area contributed by atoms with Crippen LogP contribution in [-0.4, -0.2) is 25.7 Å². The number of hydrogen-bond donors (Lipinski definition) is 2. The Kier molecular flexibility index (Phi) is 5.68. The molecule has 4 aromatic rings. The Morgan fingerprint density at radius 3 is 2.30 bits per heavy atom. The Labute approximate surface area is 176 Å². The number of nitrogens with two attached hydrogens (primary N) is 1. The molecule has 0 spiro atoms. The van der Waals surface area contributed by atoms with E-state index in [4.69, 9.17) is 10.5 Å². The van der Waals surface area contributed by atoms with Gasteiger partial charge < -0.3 is 20.1 Å². The first-order chi connectivity index (χ1) is 14.7. The molecule has 2 heterocycles. The number of hydrogen-bond acceptors (Lipinski definition) is 5. The van der Waals surface area contributed by atoms with E-state index in [1.54, 1.807) is 0 Å². The van der Waals surface area contributed by atoms with Gasteiger partial charge in [-0.15, -0.1) is 0 Å². The number of nitrogens with zero attached hydrogens (tertiary/aromatic N) is 3. The lowest BCUT2D eigenvalue weighted by atomic mass is 9.89. The van der Waals surface area contributed by atoms with Gasteiger partial charge in [0.05, 0.1) is 11.5 Å². The molecule has 0 amide bonds. The van der Waals surface area contributed by atoms with Gasteiger partial charge in [-0.2, -0.15) is 0 Å². The average molecular weight is 402 g/mol. The van der Waals surface area contributed by atoms with Crippen molar-refractivity contribution in [1.29, 1.82) is 0 Å². The van der Waals surface area contributed by atoms with Crippen LogP contribution in [0.25, 0.3) is 22.2 Å². The molecule has 0 saturated heterocycles. The Balaban J connectivity index is 0.00000106. The molecule has 5 rings (SSSR count). The summed E-state index contributed by atoms with van der Waals surface area (Å²) in [7, 11) is 0. The zero-order valence-electron chi connectivity index (χ0n) is 17.2. The molecule has 0 bridgehead atoms. The Morgan fingerprint density at radius 1 is 0.967 bits per heavy atom. The maximum atomic E-state index is 9.70. The van der Waals surface area contributed by atoms with Crippen LogP contribution in [0, 0.1) is 0 Å². The van der Waals surface area contributed by atoms with Gasteiger partial charge in [-0.05, 0) is 42.7 Å². The number of ether oxygens (including phenoxy) is 1. The molecule has 2 aromatic heterocycles. The van der Waals surface area contributed by atoms with E-state index >= 15 is 0 Å². The average Bonchev–Trinajstić information content (AvgIpc) is 3.15. The Hall–Kier alpha value is -3.38. The van der Waals surface area contributed by atoms with E-state index in [0.717, 1.165) is 46.5 Å². The molecule has 1 aliphatic carbocycles. The number of anilines is 1. The van der Waals surface area contributed by atoms with Gasteiger partial charge in [-0.25, -0.2) is 9.97 Å². The smallest absolute Gasteiger partial charge is 0.146 e. The fraction of sp³-hybridized carbons (Fsp3) is 0.250. The van der Waals surface area contributed by atoms with E-state index in [0.29, 0.717) is 5.82 Å². The van der Waals surface area contributed by atoms with Crippen LogP contribution < -0.4 is 10.5 Å². The molecule has 6 nitrogen and oxygen atoms in total. The molecule has 1 fully saturated rings. The number of rotatable bonds is 4. The molecular weight excluding hydrogens is 376 g/mol. The van der Waals surface area contributed by atoms with Gasteiger partial charge in [-0.1, -0.05) is 44.2 Å². The summed E-state index contributed by atoms with van der Waals surface area (Å²) in [6.07, 6.45) is 4.79. The van der Waals surface area contributed by atoms with Crippen molar-refractivity contribution in [2.75, 3.05) is 5.73 Å². The minimum absolute atomic E-state index is 0.237. The minimum atomic E-state index is -0.237. The first-order valence-electron chi connectivity index (χ1n) is 10.3. The molecule has 2 aromatic carbocycles. The van der Waals surface area contributed by atoms with E-state index < -0.39 is 0 Å². The number of benzene rings is 2. The van der Waals surface area contributed by atoms with E-state index in [1.807, 2.05) is 68.4 Å². The van der Waals surface area contributed by atoms with Crippen LogP contribution in [0.1, 0.15) is 32.7 Å². The summed E-state index contributed by atoms with van der Waals surface area (Å²) in [5, 5.41) is 10.5. The number of nitrogen functional groups attached to an aromatic ring is 1. The summed E-state index contributed by atoms with van der Waals surface area (Å²) in [5.74, 6) is 2.03. The molecule has 0 atom stereocenters. The number of para-hydroxylation sites is 1. The lowest BCUT2D eigenvalue weighted by Crippen LogP contribution is -2.30. The van der Waals surface area contributed by atoms with Crippen molar-refractivity contribution in [2.45, 2.75) is 38.8 Å². The van der Waals surface area contributed by atoms with Gasteiger partial charge in [0, 0.05) is 17.8 Å². The maximum Gasteiger partial charge on any atom is 0.146 e. The quantitative estimate of drug-likeness (QED) is 0.490. The first kappa shape index (κ1) is 19.9. The van der Waals surface area contributed by atoms with Crippen molar-refractivity contribution in [2.24, 2.45) is 0 Å². The van der Waals surface area contributed by atoms with Crippen molar-refractivity contribution < 1.29 is 9.84 Å². The summed E-state index contributed by atoms with van der Waals surface area (Å²) in [5.41, 5.74) is 9.00. The highest BCUT2D eigenvalue weighted by Gasteiger charge is 2.31. The zero-order valence-corrected chi connectivity index (χ0v) is 17.2. The van der Waals surface area contributed by atoms with E-state index in [1.165, 1.54) is 6.33 Å². The molecule has 0 unspecified atom stereocenters. The fourth-order valence-corrected chi connectivity index (χ4v) is 3.72. The number of aromatic nitrogens is 3. The van der Waals surface area contributed by atoms with Crippen LogP contribution >= 0.6 is 0 Å². The second kappa shape index (κ2) is 8.55. The third-order valence-corrected chi connectivity index (χ3v) is 5.26. The van der Waals surface area contributed by atoms with Gasteiger partial charge in [0.15, 0.2) is 0 Å². The second-order valence-electron chi connectivity index (χ2n) is 7.13. The number of aliphatic hydroxyl groups is 1. The van der Waals surface area contributed by atoms with Crippen molar-refractivity contribution in [3.8, 4) is 22.6 Å². The Bertz CT molecular complexity index is 1120. The van der Waals surface area contributed by atoms with Crippen LogP contribution in [0.3, 0.4) is 0 Å². The van der Waals surface area contributed by atoms with Gasteiger partial charge in [0.2, 0.25) is 0 Å². The van der Waals surface area contributed by atoms with Crippen LogP contribution in [-0.2, 0) is 0 Å². The van der Waals surface area contributed by atoms with Gasteiger partial charge in [-0.3, -0.25) is 0 Å². The standard InChI is InChI=1S/C22H20N4O2.C2H6/c23-21-20-19(12-26(15-10-16(27)11-15)22(20)25-13-24-21)14-6-8-18(9-7-14)28-17-4-2-1-3-5-17;1-2/h1-9,12-13,15-16,27H,10-11H2,(H2,23,24,25);1-2H3. The third-order valence-electron chi connectivity index (χ3n) is 5.26. The van der Waals surface area contributed by atoms with Crippen molar-refractivity contribution in [3.05, 3.63) is 67.1 Å². The summed E-state index contributed by atoms with van der Waals surface area (Å²) >= 11 is 0. The highest BCUT2D eigenvalue weighted by molar-refractivity contribution is 6.00. The van der Waals surface area contributed by atoms with Crippen LogP contribution in [0.4, 0.5) is 5.82 Å². The van der Waals surface area contributed by atoms with Gasteiger partial charge in [0.25, 0.3) is 0 Å². The van der Waals surface area contributed by atoms with E-state index in [9.17, 15) is 5.11 Å². The number of fused-ring (bicyclic) bond motifs is 1. The van der Waals surface area contributed by atoms with Crippen LogP contribution in [0.2, 0.25) is 0 Å². The predicted molar refractivity (Wildman–Crippen MR) is 120 cm³/mol. The monoisotopic (exact) mass is 402 g/mol. The highest BCUT2D eigenvalue weighted by atomic mass is 16.5. The highest BCUT2D eigenvalue weighted by Crippen LogP contribution is 2.40. The largest absolute Gasteiger partial charge is 0.457 e. The lowest BCUT2D eigenvalue weighted by molar-refractivity contribution is 0.0502. The maximum absolute atomic E-state index is 9.70. The molecule has 0 radical (unpaired) electrons. The normalized spacial score (nSPS) is 17.7. The molecule has 3 N–H and O–H groups in total. The third kappa shape index (κ3) is 3.74.